The standard InChI is InChI=1S/C27H27N9O4S2/c1-40-21-8-7-20(41-21)19-6-3-14(11-29-19)18-12-32-36-24(28)23(42(2,38)39)22(33-26(18)36)15-9-16-4-5-17(10-15)35(16)27(37)25-30-13-31-34-25/h3,6-8,11-13,15-17H,4-5,9-10,28H2,1-2H3,(H,30,31,34). The predicted octanol–water partition coefficient (Wildman–Crippen LogP) is 3.18. The summed E-state index contributed by atoms with van der Waals surface area (Å²) in [5.41, 5.74) is 9.65. The summed E-state index contributed by atoms with van der Waals surface area (Å²) in [7, 11) is -2.12. The molecule has 2 saturated heterocycles. The van der Waals surface area contributed by atoms with Crippen LogP contribution in [-0.2, 0) is 9.84 Å². The minimum absolute atomic E-state index is 0.0100. The molecule has 5 aromatic heterocycles. The highest BCUT2D eigenvalue weighted by Crippen LogP contribution is 2.45. The molecule has 216 valence electrons. The van der Waals surface area contributed by atoms with Gasteiger partial charge in [0.05, 0.1) is 29.6 Å². The first-order chi connectivity index (χ1) is 20.2. The summed E-state index contributed by atoms with van der Waals surface area (Å²) in [6.07, 6.45) is 8.58. The van der Waals surface area contributed by atoms with Gasteiger partial charge in [-0.05, 0) is 43.9 Å². The fourth-order valence-corrected chi connectivity index (χ4v) is 8.16. The molecule has 0 spiro atoms. The van der Waals surface area contributed by atoms with Gasteiger partial charge in [0.2, 0.25) is 5.82 Å². The van der Waals surface area contributed by atoms with E-state index in [2.05, 4.69) is 25.3 Å². The number of fused-ring (bicyclic) bond motifs is 3. The summed E-state index contributed by atoms with van der Waals surface area (Å²) in [4.78, 5) is 29.6. The third-order valence-electron chi connectivity index (χ3n) is 8.12. The monoisotopic (exact) mass is 605 g/mol. The summed E-state index contributed by atoms with van der Waals surface area (Å²) in [5, 5.41) is 11.7. The molecule has 2 fully saturated rings. The molecule has 2 atom stereocenters. The third-order valence-corrected chi connectivity index (χ3v) is 10.3. The Balaban J connectivity index is 1.27. The molecule has 2 unspecified atom stereocenters. The van der Waals surface area contributed by atoms with E-state index in [4.69, 9.17) is 15.5 Å². The topological polar surface area (TPSA) is 174 Å². The lowest BCUT2D eigenvalue weighted by Gasteiger charge is -2.38. The van der Waals surface area contributed by atoms with Crippen molar-refractivity contribution in [2.45, 2.75) is 48.6 Å². The highest BCUT2D eigenvalue weighted by molar-refractivity contribution is 7.91. The number of anilines is 1. The Hall–Kier alpha value is -4.37. The molecule has 7 heterocycles. The van der Waals surface area contributed by atoms with Crippen LogP contribution in [0.3, 0.4) is 0 Å². The van der Waals surface area contributed by atoms with Crippen LogP contribution in [0, 0.1) is 0 Å². The number of H-pyrrole nitrogens is 1. The molecule has 13 nitrogen and oxygen atoms in total. The van der Waals surface area contributed by atoms with E-state index in [1.807, 2.05) is 29.2 Å². The summed E-state index contributed by atoms with van der Waals surface area (Å²) < 4.78 is 32.8. The SMILES string of the molecule is COc1ccc(-c2ccc(-c3cnn4c(N)c(S(C)(=O)=O)c(C5CC6CCC(C5)N6C(=O)c5ncn[nH]5)nc34)cn2)s1. The van der Waals surface area contributed by atoms with E-state index in [-0.39, 0.29) is 40.4 Å². The van der Waals surface area contributed by atoms with Crippen molar-refractivity contribution in [2.24, 2.45) is 0 Å². The zero-order valence-corrected chi connectivity index (χ0v) is 24.4. The average Bonchev–Trinajstić information content (AvgIpc) is 3.78. The first-order valence-corrected chi connectivity index (χ1v) is 16.1. The number of amides is 1. The number of carbonyl (C=O) groups is 1. The van der Waals surface area contributed by atoms with Gasteiger partial charge in [0.1, 0.15) is 17.0 Å². The van der Waals surface area contributed by atoms with Crippen LogP contribution in [0.25, 0.3) is 27.3 Å². The molecule has 0 aliphatic carbocycles. The van der Waals surface area contributed by atoms with Crippen molar-refractivity contribution in [3.8, 4) is 26.8 Å². The van der Waals surface area contributed by atoms with E-state index in [1.54, 1.807) is 19.5 Å². The first-order valence-electron chi connectivity index (χ1n) is 13.4. The number of ether oxygens (including phenoxy) is 1. The molecule has 2 aliphatic rings. The molecule has 5 aromatic rings. The number of carbonyl (C=O) groups excluding carboxylic acids is 1. The number of sulfone groups is 1. The maximum atomic E-state index is 13.2. The van der Waals surface area contributed by atoms with Crippen LogP contribution in [0.5, 0.6) is 5.06 Å². The van der Waals surface area contributed by atoms with Crippen LogP contribution in [0.2, 0.25) is 0 Å². The minimum atomic E-state index is -3.75. The quantitative estimate of drug-likeness (QED) is 0.292. The Morgan fingerprint density at radius 3 is 2.52 bits per heavy atom. The van der Waals surface area contributed by atoms with Crippen molar-refractivity contribution in [3.05, 3.63) is 54.5 Å². The molecule has 0 radical (unpaired) electrons. The van der Waals surface area contributed by atoms with Gasteiger partial charge in [-0.25, -0.2) is 18.4 Å². The summed E-state index contributed by atoms with van der Waals surface area (Å²) >= 11 is 1.50. The molecule has 2 aliphatic heterocycles. The lowest BCUT2D eigenvalue weighted by molar-refractivity contribution is 0.0556. The molecule has 3 N–H and O–H groups in total. The van der Waals surface area contributed by atoms with E-state index >= 15 is 0 Å². The van der Waals surface area contributed by atoms with Crippen molar-refractivity contribution in [2.75, 3.05) is 19.1 Å². The van der Waals surface area contributed by atoms with Gasteiger partial charge in [0, 0.05) is 41.6 Å². The maximum absolute atomic E-state index is 13.2. The fourth-order valence-electron chi connectivity index (χ4n) is 6.31. The van der Waals surface area contributed by atoms with Crippen molar-refractivity contribution in [1.29, 1.82) is 0 Å². The highest BCUT2D eigenvalue weighted by Gasteiger charge is 2.46. The number of methoxy groups -OCH3 is 1. The number of piperidine rings is 1. The number of aromatic amines is 1. The Kier molecular flexibility index (Phi) is 6.23. The van der Waals surface area contributed by atoms with Gasteiger partial charge in [0.15, 0.2) is 20.5 Å². The number of nitrogens with zero attached hydrogens (tertiary/aromatic N) is 7. The van der Waals surface area contributed by atoms with Gasteiger partial charge >= 0.3 is 0 Å². The number of nitrogens with two attached hydrogens (primary N) is 1. The second kappa shape index (κ2) is 9.87. The number of hydrogen-bond donors (Lipinski definition) is 2. The zero-order valence-electron chi connectivity index (χ0n) is 22.8. The Bertz CT molecular complexity index is 1900. The highest BCUT2D eigenvalue weighted by atomic mass is 32.2. The van der Waals surface area contributed by atoms with Gasteiger partial charge < -0.3 is 15.4 Å². The zero-order chi connectivity index (χ0) is 29.2. The van der Waals surface area contributed by atoms with E-state index in [0.29, 0.717) is 29.7 Å². The molecule has 42 heavy (non-hydrogen) atoms. The van der Waals surface area contributed by atoms with Crippen LogP contribution in [0.4, 0.5) is 5.82 Å². The molecule has 15 heteroatoms. The van der Waals surface area contributed by atoms with E-state index in [9.17, 15) is 13.2 Å². The first kappa shape index (κ1) is 26.5. The van der Waals surface area contributed by atoms with Crippen LogP contribution in [-0.4, -0.2) is 79.4 Å². The number of pyridine rings is 1. The molecule has 0 saturated carbocycles. The van der Waals surface area contributed by atoms with Gasteiger partial charge in [-0.2, -0.15) is 14.7 Å². The van der Waals surface area contributed by atoms with Crippen LogP contribution in [0.15, 0.2) is 47.9 Å². The number of thiophene rings is 1. The van der Waals surface area contributed by atoms with Crippen LogP contribution in [0.1, 0.15) is 47.9 Å². The Labute approximate surface area is 244 Å². The second-order valence-corrected chi connectivity index (χ2v) is 13.6. The smallest absolute Gasteiger partial charge is 0.291 e. The molecular formula is C27H27N9O4S2. The predicted molar refractivity (Wildman–Crippen MR) is 155 cm³/mol. The fraction of sp³-hybridized carbons (Fsp3) is 0.333. The summed E-state index contributed by atoms with van der Waals surface area (Å²) in [6, 6.07) is 7.55. The molecule has 2 bridgehead atoms. The minimum Gasteiger partial charge on any atom is -0.487 e. The second-order valence-electron chi connectivity index (χ2n) is 10.6. The van der Waals surface area contributed by atoms with Crippen molar-refractivity contribution >= 4 is 38.5 Å². The van der Waals surface area contributed by atoms with Crippen LogP contribution < -0.4 is 10.5 Å². The van der Waals surface area contributed by atoms with E-state index < -0.39 is 9.84 Å². The lowest BCUT2D eigenvalue weighted by atomic mass is 9.87. The van der Waals surface area contributed by atoms with Crippen molar-refractivity contribution in [1.82, 2.24) is 39.7 Å². The molecule has 1 amide bonds. The largest absolute Gasteiger partial charge is 0.487 e. The van der Waals surface area contributed by atoms with Gasteiger partial charge in [-0.1, -0.05) is 17.4 Å². The van der Waals surface area contributed by atoms with Gasteiger partial charge in [-0.15, -0.1) is 0 Å². The molecule has 7 rings (SSSR count). The molecular weight excluding hydrogens is 578 g/mol. The summed E-state index contributed by atoms with van der Waals surface area (Å²) in [6.45, 7) is 0. The van der Waals surface area contributed by atoms with E-state index in [1.165, 1.54) is 22.2 Å². The van der Waals surface area contributed by atoms with Crippen molar-refractivity contribution < 1.29 is 17.9 Å². The number of nitrogen functional groups attached to an aromatic ring is 1. The number of hydrogen-bond acceptors (Lipinski definition) is 11. The van der Waals surface area contributed by atoms with Crippen molar-refractivity contribution in [3.63, 3.8) is 0 Å². The lowest BCUT2D eigenvalue weighted by Crippen LogP contribution is -2.46. The van der Waals surface area contributed by atoms with E-state index in [0.717, 1.165) is 40.3 Å². The van der Waals surface area contributed by atoms with Gasteiger partial charge in [0.25, 0.3) is 5.91 Å². The third kappa shape index (κ3) is 4.30. The Morgan fingerprint density at radius 2 is 1.90 bits per heavy atom. The normalized spacial score (nSPS) is 20.3. The van der Waals surface area contributed by atoms with Gasteiger partial charge in [-0.3, -0.25) is 14.9 Å². The average molecular weight is 606 g/mol. The number of rotatable bonds is 6. The Morgan fingerprint density at radius 1 is 1.12 bits per heavy atom. The van der Waals surface area contributed by atoms with Crippen LogP contribution >= 0.6 is 11.3 Å². The summed E-state index contributed by atoms with van der Waals surface area (Å²) in [5.74, 6) is -0.186. The number of aromatic nitrogens is 7. The maximum Gasteiger partial charge on any atom is 0.291 e. The molecule has 0 aromatic carbocycles. The number of nitrogens with one attached hydrogen (secondary N) is 1.